The van der Waals surface area contributed by atoms with Crippen molar-refractivity contribution in [3.8, 4) is 0 Å². The third-order valence-electron chi connectivity index (χ3n) is 3.77. The monoisotopic (exact) mass is 435 g/mol. The first kappa shape index (κ1) is 24.2. The molecule has 0 radical (unpaired) electrons. The van der Waals surface area contributed by atoms with Gasteiger partial charge in [0.25, 0.3) is 0 Å². The van der Waals surface area contributed by atoms with E-state index in [1.807, 2.05) is 0 Å². The Balaban J connectivity index is 3.19. The second-order valence-electron chi connectivity index (χ2n) is 5.72. The lowest BCUT2D eigenvalue weighted by atomic mass is 10.2. The second-order valence-corrected chi connectivity index (χ2v) is 12.7. The molecule has 0 aromatic rings. The molecule has 0 saturated carbocycles. The fourth-order valence-electron chi connectivity index (χ4n) is 2.70. The van der Waals surface area contributed by atoms with Crippen LogP contribution in [0.15, 0.2) is 0 Å². The van der Waals surface area contributed by atoms with Crippen LogP contribution in [0.4, 0.5) is 0 Å². The molecule has 1 aliphatic rings. The number of sulfone groups is 1. The standard InChI is InChI=1S/C14H31NO8P2S/c1-5-20-24(16,21-6-2)14(25(17,22-7-3)23-8-4)15-13-9-11-26(18,19)12-10-13/h13-15H,5-12H2,1-4H3. The quantitative estimate of drug-likeness (QED) is 0.462. The minimum absolute atomic E-state index is 0.0124. The summed E-state index contributed by atoms with van der Waals surface area (Å²) in [6, 6.07) is -0.313. The van der Waals surface area contributed by atoms with E-state index in [4.69, 9.17) is 18.1 Å². The first-order valence-electron chi connectivity index (χ1n) is 8.90. The first-order valence-corrected chi connectivity index (χ1v) is 13.9. The molecular weight excluding hydrogens is 404 g/mol. The maximum atomic E-state index is 13.4. The van der Waals surface area contributed by atoms with Gasteiger partial charge >= 0.3 is 15.2 Å². The molecule has 0 aromatic heterocycles. The molecule has 1 fully saturated rings. The Kier molecular flexibility index (Phi) is 9.95. The second kappa shape index (κ2) is 10.7. The smallest absolute Gasteiger partial charge is 0.307 e. The van der Waals surface area contributed by atoms with E-state index in [0.717, 1.165) is 0 Å². The van der Waals surface area contributed by atoms with Gasteiger partial charge in [0.05, 0.1) is 37.9 Å². The van der Waals surface area contributed by atoms with E-state index in [0.29, 0.717) is 12.8 Å². The SMILES string of the molecule is CCOP(=O)(OCC)C(NC1CCS(=O)(=O)CC1)P(=O)(OCC)OCC. The summed E-state index contributed by atoms with van der Waals surface area (Å²) in [7, 11) is -10.8. The first-order chi connectivity index (χ1) is 12.2. The summed E-state index contributed by atoms with van der Waals surface area (Å²) < 4.78 is 71.5. The third kappa shape index (κ3) is 6.67. The molecule has 1 N–H and O–H groups in total. The highest BCUT2D eigenvalue weighted by Crippen LogP contribution is 2.69. The van der Waals surface area contributed by atoms with Crippen molar-refractivity contribution in [2.24, 2.45) is 0 Å². The fraction of sp³-hybridized carbons (Fsp3) is 1.00. The summed E-state index contributed by atoms with van der Waals surface area (Å²) in [5.74, 6) is 0.0249. The Hall–Kier alpha value is 0.210. The minimum atomic E-state index is -3.88. The maximum absolute atomic E-state index is 13.4. The summed E-state index contributed by atoms with van der Waals surface area (Å²) in [4.78, 5) is 0. The van der Waals surface area contributed by atoms with Crippen molar-refractivity contribution in [2.45, 2.75) is 52.1 Å². The average Bonchev–Trinajstić information content (AvgIpc) is 2.54. The zero-order chi connectivity index (χ0) is 19.8. The molecule has 0 spiro atoms. The Morgan fingerprint density at radius 1 is 0.846 bits per heavy atom. The van der Waals surface area contributed by atoms with Gasteiger partial charge in [-0.2, -0.15) is 0 Å². The molecule has 0 bridgehead atoms. The normalized spacial score (nSPS) is 19.1. The molecule has 9 nitrogen and oxygen atoms in total. The lowest BCUT2D eigenvalue weighted by Crippen LogP contribution is -2.44. The molecule has 0 amide bonds. The van der Waals surface area contributed by atoms with Crippen LogP contribution in [0.1, 0.15) is 40.5 Å². The highest BCUT2D eigenvalue weighted by atomic mass is 32.2. The molecule has 0 atom stereocenters. The number of hydrogen-bond acceptors (Lipinski definition) is 9. The molecule has 0 aromatic carbocycles. The van der Waals surface area contributed by atoms with E-state index in [2.05, 4.69) is 5.32 Å². The van der Waals surface area contributed by atoms with Gasteiger partial charge in [0.2, 0.25) is 5.52 Å². The molecule has 1 aliphatic heterocycles. The van der Waals surface area contributed by atoms with E-state index in [1.54, 1.807) is 27.7 Å². The maximum Gasteiger partial charge on any atom is 0.359 e. The summed E-state index contributed by atoms with van der Waals surface area (Å²) in [5.41, 5.74) is -1.32. The van der Waals surface area contributed by atoms with Crippen molar-refractivity contribution in [2.75, 3.05) is 37.9 Å². The Morgan fingerprint density at radius 3 is 1.50 bits per heavy atom. The molecule has 156 valence electrons. The van der Waals surface area contributed by atoms with Crippen molar-refractivity contribution >= 4 is 25.0 Å². The van der Waals surface area contributed by atoms with Gasteiger partial charge in [-0.3, -0.25) is 14.4 Å². The van der Waals surface area contributed by atoms with Crippen molar-refractivity contribution in [1.82, 2.24) is 5.32 Å². The van der Waals surface area contributed by atoms with E-state index in [9.17, 15) is 17.5 Å². The van der Waals surface area contributed by atoms with Gasteiger partial charge in [-0.25, -0.2) is 8.42 Å². The van der Waals surface area contributed by atoms with Gasteiger partial charge in [-0.1, -0.05) is 0 Å². The lowest BCUT2D eigenvalue weighted by molar-refractivity contribution is 0.187. The lowest BCUT2D eigenvalue weighted by Gasteiger charge is -2.35. The summed E-state index contributed by atoms with van der Waals surface area (Å²) >= 11 is 0. The molecule has 1 rings (SSSR count). The third-order valence-corrected chi connectivity index (χ3v) is 11.2. The number of hydrogen-bond donors (Lipinski definition) is 1. The molecule has 1 heterocycles. The predicted octanol–water partition coefficient (Wildman–Crippen LogP) is 2.97. The van der Waals surface area contributed by atoms with Crippen molar-refractivity contribution in [3.05, 3.63) is 0 Å². The van der Waals surface area contributed by atoms with Crippen LogP contribution in [0, 0.1) is 0 Å². The number of nitrogens with one attached hydrogen (secondary N) is 1. The van der Waals surface area contributed by atoms with Crippen LogP contribution in [0.2, 0.25) is 0 Å². The van der Waals surface area contributed by atoms with Gasteiger partial charge in [-0.05, 0) is 40.5 Å². The van der Waals surface area contributed by atoms with Crippen LogP contribution in [0.5, 0.6) is 0 Å². The predicted molar refractivity (Wildman–Crippen MR) is 100 cm³/mol. The van der Waals surface area contributed by atoms with E-state index in [-0.39, 0.29) is 44.0 Å². The Bertz CT molecular complexity index is 562. The average molecular weight is 435 g/mol. The molecule has 0 unspecified atom stereocenters. The highest BCUT2D eigenvalue weighted by molar-refractivity contribution is 7.91. The van der Waals surface area contributed by atoms with Crippen LogP contribution < -0.4 is 5.32 Å². The van der Waals surface area contributed by atoms with Crippen molar-refractivity contribution in [3.63, 3.8) is 0 Å². The molecule has 12 heteroatoms. The van der Waals surface area contributed by atoms with Gasteiger partial charge < -0.3 is 18.1 Å². The van der Waals surface area contributed by atoms with Crippen LogP contribution in [0.3, 0.4) is 0 Å². The zero-order valence-electron chi connectivity index (χ0n) is 15.9. The summed E-state index contributed by atoms with van der Waals surface area (Å²) in [5, 5.41) is 3.02. The molecule has 26 heavy (non-hydrogen) atoms. The largest absolute Gasteiger partial charge is 0.359 e. The highest BCUT2D eigenvalue weighted by Gasteiger charge is 2.52. The van der Waals surface area contributed by atoms with Gasteiger partial charge in [-0.15, -0.1) is 0 Å². The minimum Gasteiger partial charge on any atom is -0.307 e. The van der Waals surface area contributed by atoms with E-state index in [1.165, 1.54) is 0 Å². The van der Waals surface area contributed by atoms with E-state index >= 15 is 0 Å². The van der Waals surface area contributed by atoms with Gasteiger partial charge in [0, 0.05) is 6.04 Å². The molecule has 0 aliphatic carbocycles. The van der Waals surface area contributed by atoms with Crippen LogP contribution in [-0.2, 0) is 37.1 Å². The Labute approximate surface area is 156 Å². The van der Waals surface area contributed by atoms with Crippen LogP contribution in [-0.4, -0.2) is 57.9 Å². The molecule has 1 saturated heterocycles. The van der Waals surface area contributed by atoms with Crippen LogP contribution in [0.25, 0.3) is 0 Å². The van der Waals surface area contributed by atoms with Crippen molar-refractivity contribution < 1.29 is 35.6 Å². The molecular formula is C14H31NO8P2S. The summed E-state index contributed by atoms with van der Waals surface area (Å²) in [6.45, 7) is 6.98. The fourth-order valence-corrected chi connectivity index (χ4v) is 9.32. The topological polar surface area (TPSA) is 117 Å². The zero-order valence-corrected chi connectivity index (χ0v) is 18.5. The van der Waals surface area contributed by atoms with Gasteiger partial charge in [0.15, 0.2) is 0 Å². The Morgan fingerprint density at radius 2 is 1.19 bits per heavy atom. The summed E-state index contributed by atoms with van der Waals surface area (Å²) in [6.07, 6.45) is 0.630. The number of rotatable bonds is 12. The van der Waals surface area contributed by atoms with Gasteiger partial charge in [0.1, 0.15) is 9.84 Å². The van der Waals surface area contributed by atoms with Crippen LogP contribution >= 0.6 is 15.2 Å². The van der Waals surface area contributed by atoms with E-state index < -0.39 is 30.6 Å². The van der Waals surface area contributed by atoms with Crippen molar-refractivity contribution in [1.29, 1.82) is 0 Å².